The van der Waals surface area contributed by atoms with Gasteiger partial charge in [-0.25, -0.2) is 17.8 Å². The lowest BCUT2D eigenvalue weighted by molar-refractivity contribution is 0.102. The van der Waals surface area contributed by atoms with Crippen LogP contribution in [0.4, 0.5) is 10.1 Å². The molecule has 2 aromatic rings. The van der Waals surface area contributed by atoms with Gasteiger partial charge in [0, 0.05) is 23.7 Å². The molecule has 0 aliphatic carbocycles. The lowest BCUT2D eigenvalue weighted by Crippen LogP contribution is -2.51. The monoisotopic (exact) mass is 429 g/mol. The normalized spacial score (nSPS) is 23.3. The van der Waals surface area contributed by atoms with Crippen LogP contribution < -0.4 is 5.32 Å². The summed E-state index contributed by atoms with van der Waals surface area (Å²) in [7, 11) is -4.00. The van der Waals surface area contributed by atoms with Crippen LogP contribution in [-0.4, -0.2) is 43.5 Å². The zero-order chi connectivity index (χ0) is 19.1. The molecule has 1 aromatic carbocycles. The molecule has 2 saturated heterocycles. The summed E-state index contributed by atoms with van der Waals surface area (Å²) in [4.78, 5) is 5.87. The Morgan fingerprint density at radius 3 is 2.81 bits per heavy atom. The minimum Gasteiger partial charge on any atom is -0.382 e. The molecule has 9 heteroatoms. The van der Waals surface area contributed by atoms with Crippen molar-refractivity contribution in [3.05, 3.63) is 34.5 Å². The summed E-state index contributed by atoms with van der Waals surface area (Å²) in [5.41, 5.74) is 0.531. The highest BCUT2D eigenvalue weighted by Crippen LogP contribution is 2.39. The zero-order valence-electron chi connectivity index (χ0n) is 14.7. The van der Waals surface area contributed by atoms with Gasteiger partial charge in [0.1, 0.15) is 10.7 Å². The average Bonchev–Trinajstić information content (AvgIpc) is 3.32. The third-order valence-corrected chi connectivity index (χ3v) is 8.90. The largest absolute Gasteiger partial charge is 0.382 e. The van der Waals surface area contributed by atoms with Crippen LogP contribution in [0.3, 0.4) is 0 Å². The number of rotatable bonds is 5. The quantitative estimate of drug-likeness (QED) is 0.771. The van der Waals surface area contributed by atoms with Gasteiger partial charge in [-0.3, -0.25) is 4.90 Å². The van der Waals surface area contributed by atoms with Gasteiger partial charge in [0.25, 0.3) is 0 Å². The Morgan fingerprint density at radius 2 is 2.04 bits per heavy atom. The molecule has 146 valence electrons. The zero-order valence-corrected chi connectivity index (χ0v) is 17.1. The van der Waals surface area contributed by atoms with E-state index >= 15 is 0 Å². The van der Waals surface area contributed by atoms with Crippen LogP contribution in [0.2, 0.25) is 5.02 Å². The number of fused-ring (bicyclic) bond motifs is 1. The van der Waals surface area contributed by atoms with Crippen molar-refractivity contribution < 1.29 is 12.8 Å². The van der Waals surface area contributed by atoms with Gasteiger partial charge in [0.05, 0.1) is 10.7 Å². The summed E-state index contributed by atoms with van der Waals surface area (Å²) in [6.45, 7) is 2.90. The molecule has 0 spiro atoms. The maximum absolute atomic E-state index is 14.6. The molecule has 1 unspecified atom stereocenters. The Morgan fingerprint density at radius 1 is 1.26 bits per heavy atom. The second-order valence-corrected chi connectivity index (χ2v) is 10.6. The second-order valence-electron chi connectivity index (χ2n) is 7.19. The molecule has 0 bridgehead atoms. The van der Waals surface area contributed by atoms with E-state index in [9.17, 15) is 12.8 Å². The number of thiazole rings is 1. The Hall–Kier alpha value is -1.22. The van der Waals surface area contributed by atoms with Crippen molar-refractivity contribution in [2.45, 2.75) is 46.9 Å². The van der Waals surface area contributed by atoms with E-state index in [4.69, 9.17) is 11.6 Å². The fraction of sp³-hybridized carbons (Fsp3) is 0.500. The maximum atomic E-state index is 14.6. The lowest BCUT2D eigenvalue weighted by atomic mass is 9.86. The molecule has 0 saturated carbocycles. The van der Waals surface area contributed by atoms with Crippen molar-refractivity contribution in [3.63, 3.8) is 0 Å². The first-order chi connectivity index (χ1) is 12.9. The third-order valence-electron chi connectivity index (χ3n) is 5.62. The van der Waals surface area contributed by atoms with Crippen LogP contribution in [0.1, 0.15) is 32.1 Å². The van der Waals surface area contributed by atoms with E-state index < -0.39 is 20.5 Å². The van der Waals surface area contributed by atoms with Crippen LogP contribution in [-0.2, 0) is 9.84 Å². The molecule has 0 radical (unpaired) electrons. The number of sulfone groups is 1. The van der Waals surface area contributed by atoms with Gasteiger partial charge in [-0.2, -0.15) is 0 Å². The standard InChI is InChI=1S/C18H21ClFN3O2S2/c19-13-10-16(27(24,25)17-21-6-9-26-17)14(20)11-15(13)22-12-18-4-1-2-7-23(18)8-3-5-18/h6,9-11,22H,1-5,7-8,12H2. The maximum Gasteiger partial charge on any atom is 0.236 e. The molecule has 2 fully saturated rings. The summed E-state index contributed by atoms with van der Waals surface area (Å²) in [6.07, 6.45) is 7.22. The Bertz CT molecular complexity index is 936. The molecule has 4 rings (SSSR count). The van der Waals surface area contributed by atoms with Gasteiger partial charge < -0.3 is 5.32 Å². The van der Waals surface area contributed by atoms with Crippen molar-refractivity contribution in [2.24, 2.45) is 0 Å². The minimum atomic E-state index is -4.00. The molecule has 0 amide bonds. The first-order valence-corrected chi connectivity index (χ1v) is 11.8. The molecule has 1 N–H and O–H groups in total. The number of piperidine rings is 1. The average molecular weight is 430 g/mol. The van der Waals surface area contributed by atoms with Crippen molar-refractivity contribution in [1.82, 2.24) is 9.88 Å². The van der Waals surface area contributed by atoms with Crippen molar-refractivity contribution >= 4 is 38.5 Å². The molecule has 2 aliphatic rings. The highest BCUT2D eigenvalue weighted by molar-refractivity contribution is 7.93. The molecule has 2 aliphatic heterocycles. The summed E-state index contributed by atoms with van der Waals surface area (Å²) in [5.74, 6) is -0.818. The minimum absolute atomic E-state index is 0.101. The van der Waals surface area contributed by atoms with Gasteiger partial charge in [-0.1, -0.05) is 18.0 Å². The van der Waals surface area contributed by atoms with Gasteiger partial charge in [-0.05, 0) is 50.9 Å². The highest BCUT2D eigenvalue weighted by Gasteiger charge is 2.42. The van der Waals surface area contributed by atoms with Gasteiger partial charge in [0.15, 0.2) is 0 Å². The second kappa shape index (κ2) is 7.31. The van der Waals surface area contributed by atoms with E-state index in [0.29, 0.717) is 12.2 Å². The molecular formula is C18H21ClFN3O2S2. The number of anilines is 1. The Balaban J connectivity index is 1.58. The third kappa shape index (κ3) is 3.48. The van der Waals surface area contributed by atoms with Crippen molar-refractivity contribution in [3.8, 4) is 0 Å². The number of hydrogen-bond acceptors (Lipinski definition) is 6. The van der Waals surface area contributed by atoms with Crippen LogP contribution in [0, 0.1) is 5.82 Å². The van der Waals surface area contributed by atoms with Crippen LogP contribution in [0.5, 0.6) is 0 Å². The molecule has 1 aromatic heterocycles. The molecule has 3 heterocycles. The smallest absolute Gasteiger partial charge is 0.236 e. The van der Waals surface area contributed by atoms with E-state index in [1.54, 1.807) is 5.38 Å². The summed E-state index contributed by atoms with van der Waals surface area (Å²) >= 11 is 7.26. The summed E-state index contributed by atoms with van der Waals surface area (Å²) in [6, 6.07) is 2.36. The fourth-order valence-corrected chi connectivity index (χ4v) is 6.81. The first-order valence-electron chi connectivity index (χ1n) is 9.05. The Kier molecular flexibility index (Phi) is 5.18. The number of nitrogens with one attached hydrogen (secondary N) is 1. The SMILES string of the molecule is O=S(=O)(c1nccs1)c1cc(Cl)c(NCC23CCCCN2CCC3)cc1F. The summed E-state index contributed by atoms with van der Waals surface area (Å²) < 4.78 is 39.6. The van der Waals surface area contributed by atoms with Gasteiger partial charge in [-0.15, -0.1) is 11.3 Å². The summed E-state index contributed by atoms with van der Waals surface area (Å²) in [5, 5.41) is 5.02. The predicted octanol–water partition coefficient (Wildman–Crippen LogP) is 4.20. The van der Waals surface area contributed by atoms with Crippen molar-refractivity contribution in [1.29, 1.82) is 0 Å². The van der Waals surface area contributed by atoms with Crippen molar-refractivity contribution in [2.75, 3.05) is 25.0 Å². The molecule has 1 atom stereocenters. The van der Waals surface area contributed by atoms with E-state index in [1.807, 2.05) is 0 Å². The molecular weight excluding hydrogens is 409 g/mol. The molecule has 5 nitrogen and oxygen atoms in total. The van der Waals surface area contributed by atoms with E-state index in [1.165, 1.54) is 37.6 Å². The van der Waals surface area contributed by atoms with Gasteiger partial charge >= 0.3 is 0 Å². The van der Waals surface area contributed by atoms with E-state index in [0.717, 1.165) is 37.3 Å². The highest BCUT2D eigenvalue weighted by atomic mass is 35.5. The fourth-order valence-electron chi connectivity index (χ4n) is 4.24. The predicted molar refractivity (Wildman–Crippen MR) is 105 cm³/mol. The van der Waals surface area contributed by atoms with Crippen LogP contribution in [0.15, 0.2) is 32.9 Å². The molecule has 27 heavy (non-hydrogen) atoms. The van der Waals surface area contributed by atoms with Gasteiger partial charge in [0.2, 0.25) is 14.2 Å². The number of benzene rings is 1. The van der Waals surface area contributed by atoms with Crippen LogP contribution >= 0.6 is 22.9 Å². The number of nitrogens with zero attached hydrogens (tertiary/aromatic N) is 2. The number of halogens is 2. The Labute approximate surface area is 167 Å². The van der Waals surface area contributed by atoms with E-state index in [2.05, 4.69) is 15.2 Å². The lowest BCUT2D eigenvalue weighted by Gasteiger charge is -2.42. The first kappa shape index (κ1) is 19.1. The van der Waals surface area contributed by atoms with Crippen LogP contribution in [0.25, 0.3) is 0 Å². The topological polar surface area (TPSA) is 62.3 Å². The number of aromatic nitrogens is 1. The number of hydrogen-bond donors (Lipinski definition) is 1. The van der Waals surface area contributed by atoms with E-state index in [-0.39, 0.29) is 14.9 Å².